The van der Waals surface area contributed by atoms with Gasteiger partial charge in [0, 0.05) is 24.3 Å². The molecule has 27 heavy (non-hydrogen) atoms. The number of carbonyl (C=O) groups excluding carboxylic acids is 1. The molecule has 0 aliphatic rings. The third-order valence-electron chi connectivity index (χ3n) is 4.44. The van der Waals surface area contributed by atoms with E-state index in [1.165, 1.54) is 22.9 Å². The number of rotatable bonds is 4. The summed E-state index contributed by atoms with van der Waals surface area (Å²) in [6.07, 6.45) is 3.24. The fraction of sp³-hybridized carbons (Fsp3) is 0.222. The Morgan fingerprint density at radius 2 is 1.96 bits per heavy atom. The number of benzene rings is 1. The number of aryl methyl sites for hydroxylation is 1. The molecule has 0 N–H and O–H groups in total. The Hall–Kier alpha value is -2.65. The van der Waals surface area contributed by atoms with Gasteiger partial charge in [-0.3, -0.25) is 13.8 Å². The molecule has 9 heteroatoms. The molecule has 1 unspecified atom stereocenters. The van der Waals surface area contributed by atoms with E-state index in [2.05, 4.69) is 10.1 Å². The maximum atomic E-state index is 13.0. The zero-order chi connectivity index (χ0) is 19.3. The van der Waals surface area contributed by atoms with Crippen molar-refractivity contribution in [1.29, 1.82) is 0 Å². The van der Waals surface area contributed by atoms with Crippen LogP contribution < -0.4 is 5.56 Å². The molecule has 138 valence electrons. The first-order valence-electron chi connectivity index (χ1n) is 8.15. The predicted octanol–water partition coefficient (Wildman–Crippen LogP) is 2.33. The third-order valence-corrected chi connectivity index (χ3v) is 6.85. The normalized spacial score (nSPS) is 12.7. The van der Waals surface area contributed by atoms with Crippen LogP contribution in [0.4, 0.5) is 0 Å². The van der Waals surface area contributed by atoms with Crippen molar-refractivity contribution in [3.05, 3.63) is 51.9 Å². The molecule has 0 saturated carbocycles. The second-order valence-electron chi connectivity index (χ2n) is 6.27. The quantitative estimate of drug-likeness (QED) is 0.491. The first-order chi connectivity index (χ1) is 12.9. The monoisotopic (exact) mass is 400 g/mol. The fourth-order valence-electron chi connectivity index (χ4n) is 3.02. The van der Waals surface area contributed by atoms with E-state index in [1.807, 2.05) is 12.1 Å². The van der Waals surface area contributed by atoms with Crippen molar-refractivity contribution in [3.8, 4) is 0 Å². The summed E-state index contributed by atoms with van der Waals surface area (Å²) in [5.74, 6) is 0.00187. The standard InChI is InChI=1S/C18H16N4O3S2/c1-10(23)12-6-4-11(5-7-12)9-22-17(24)14-13(8-19-22)15-16(21(14)2)20-18(26-15)27(3)25/h4-8H,9H2,1-3H3. The van der Waals surface area contributed by atoms with Gasteiger partial charge in [-0.1, -0.05) is 24.3 Å². The Labute approximate surface area is 160 Å². The highest BCUT2D eigenvalue weighted by atomic mass is 32.2. The molecule has 4 aromatic rings. The molecule has 0 fully saturated rings. The second-order valence-corrected chi connectivity index (χ2v) is 8.82. The summed E-state index contributed by atoms with van der Waals surface area (Å²) in [4.78, 5) is 28.7. The van der Waals surface area contributed by atoms with Gasteiger partial charge in [-0.15, -0.1) is 11.3 Å². The number of Topliss-reactive ketones (excluding diaryl/α,β-unsaturated/α-hetero) is 1. The van der Waals surface area contributed by atoms with Gasteiger partial charge in [-0.2, -0.15) is 5.10 Å². The van der Waals surface area contributed by atoms with E-state index in [-0.39, 0.29) is 11.3 Å². The van der Waals surface area contributed by atoms with Crippen LogP contribution in [0.3, 0.4) is 0 Å². The van der Waals surface area contributed by atoms with Gasteiger partial charge in [-0.25, -0.2) is 9.67 Å². The van der Waals surface area contributed by atoms with Crippen LogP contribution in [0, 0.1) is 0 Å². The Balaban J connectivity index is 1.80. The van der Waals surface area contributed by atoms with E-state index < -0.39 is 10.8 Å². The average molecular weight is 400 g/mol. The smallest absolute Gasteiger partial charge is 0.291 e. The summed E-state index contributed by atoms with van der Waals surface area (Å²) in [5, 5.41) is 5.02. The fourth-order valence-corrected chi connectivity index (χ4v) is 4.80. The van der Waals surface area contributed by atoms with Crippen molar-refractivity contribution in [2.45, 2.75) is 17.8 Å². The molecule has 0 saturated heterocycles. The number of hydrogen-bond donors (Lipinski definition) is 0. The van der Waals surface area contributed by atoms with Crippen molar-refractivity contribution in [2.24, 2.45) is 7.05 Å². The summed E-state index contributed by atoms with van der Waals surface area (Å²) < 4.78 is 16.2. The number of hydrogen-bond acceptors (Lipinski definition) is 6. The van der Waals surface area contributed by atoms with Crippen LogP contribution in [0.2, 0.25) is 0 Å². The molecule has 3 heterocycles. The zero-order valence-electron chi connectivity index (χ0n) is 14.9. The molecule has 7 nitrogen and oxygen atoms in total. The minimum Gasteiger partial charge on any atom is -0.323 e. The SMILES string of the molecule is CC(=O)c1ccc(Cn2ncc3c4sc(S(C)=O)nc4n(C)c3c2=O)cc1. The van der Waals surface area contributed by atoms with E-state index in [4.69, 9.17) is 0 Å². The highest BCUT2D eigenvalue weighted by Crippen LogP contribution is 2.31. The Morgan fingerprint density at radius 1 is 1.26 bits per heavy atom. The minimum atomic E-state index is -1.17. The molecule has 0 aliphatic carbocycles. The number of ketones is 1. The highest BCUT2D eigenvalue weighted by molar-refractivity contribution is 7.86. The van der Waals surface area contributed by atoms with Gasteiger partial charge < -0.3 is 4.57 Å². The molecular formula is C18H16N4O3S2. The molecule has 3 aromatic heterocycles. The number of carbonyl (C=O) groups is 1. The van der Waals surface area contributed by atoms with E-state index >= 15 is 0 Å². The van der Waals surface area contributed by atoms with Gasteiger partial charge in [0.25, 0.3) is 5.56 Å². The summed E-state index contributed by atoms with van der Waals surface area (Å²) >= 11 is 1.33. The van der Waals surface area contributed by atoms with E-state index in [1.54, 1.807) is 36.2 Å². The van der Waals surface area contributed by atoms with E-state index in [9.17, 15) is 13.8 Å². The predicted molar refractivity (Wildman–Crippen MR) is 106 cm³/mol. The minimum absolute atomic E-state index is 0.00187. The van der Waals surface area contributed by atoms with Crippen molar-refractivity contribution in [3.63, 3.8) is 0 Å². The third kappa shape index (κ3) is 2.92. The summed E-state index contributed by atoms with van der Waals surface area (Å²) in [6, 6.07) is 7.14. The van der Waals surface area contributed by atoms with Crippen LogP contribution in [0.5, 0.6) is 0 Å². The molecular weight excluding hydrogens is 384 g/mol. The van der Waals surface area contributed by atoms with Gasteiger partial charge in [-0.05, 0) is 12.5 Å². The van der Waals surface area contributed by atoms with Crippen LogP contribution in [0.1, 0.15) is 22.8 Å². The van der Waals surface area contributed by atoms with E-state index in [0.717, 1.165) is 15.6 Å². The highest BCUT2D eigenvalue weighted by Gasteiger charge is 2.19. The topological polar surface area (TPSA) is 86.8 Å². The maximum Gasteiger partial charge on any atom is 0.291 e. The number of aromatic nitrogens is 4. The lowest BCUT2D eigenvalue weighted by molar-refractivity contribution is 0.101. The van der Waals surface area contributed by atoms with Gasteiger partial charge in [0.15, 0.2) is 15.8 Å². The van der Waals surface area contributed by atoms with Crippen molar-refractivity contribution < 1.29 is 9.00 Å². The lowest BCUT2D eigenvalue weighted by atomic mass is 10.1. The average Bonchev–Trinajstić information content (AvgIpc) is 3.18. The second kappa shape index (κ2) is 6.50. The van der Waals surface area contributed by atoms with Gasteiger partial charge in [0.1, 0.15) is 5.52 Å². The van der Waals surface area contributed by atoms with Gasteiger partial charge >= 0.3 is 0 Å². The number of nitrogens with zero attached hydrogens (tertiary/aromatic N) is 4. The Morgan fingerprint density at radius 3 is 2.59 bits per heavy atom. The van der Waals surface area contributed by atoms with Crippen LogP contribution in [0.15, 0.2) is 39.6 Å². The van der Waals surface area contributed by atoms with Crippen LogP contribution in [-0.2, 0) is 24.4 Å². The lowest BCUT2D eigenvalue weighted by Crippen LogP contribution is -2.24. The molecule has 0 spiro atoms. The first-order valence-corrected chi connectivity index (χ1v) is 10.5. The molecule has 0 amide bonds. The lowest BCUT2D eigenvalue weighted by Gasteiger charge is -2.06. The zero-order valence-corrected chi connectivity index (χ0v) is 16.6. The van der Waals surface area contributed by atoms with Gasteiger partial charge in [0.2, 0.25) is 0 Å². The maximum absolute atomic E-state index is 13.0. The van der Waals surface area contributed by atoms with E-state index in [0.29, 0.717) is 27.6 Å². The molecule has 0 radical (unpaired) electrons. The number of thiazole rings is 1. The Kier molecular flexibility index (Phi) is 4.27. The molecule has 0 aliphatic heterocycles. The Bertz CT molecular complexity index is 1280. The van der Waals surface area contributed by atoms with Crippen molar-refractivity contribution in [2.75, 3.05) is 6.26 Å². The van der Waals surface area contributed by atoms with Crippen LogP contribution >= 0.6 is 11.3 Å². The van der Waals surface area contributed by atoms with Crippen molar-refractivity contribution in [1.82, 2.24) is 19.3 Å². The van der Waals surface area contributed by atoms with Crippen LogP contribution in [-0.4, -0.2) is 35.6 Å². The number of fused-ring (bicyclic) bond motifs is 3. The molecule has 4 rings (SSSR count). The molecule has 1 atom stereocenters. The van der Waals surface area contributed by atoms with Crippen LogP contribution in [0.25, 0.3) is 21.3 Å². The van der Waals surface area contributed by atoms with Gasteiger partial charge in [0.05, 0.1) is 28.2 Å². The largest absolute Gasteiger partial charge is 0.323 e. The molecule has 0 bridgehead atoms. The summed E-state index contributed by atoms with van der Waals surface area (Å²) in [5.41, 5.74) is 2.46. The first kappa shape index (κ1) is 17.7. The summed E-state index contributed by atoms with van der Waals surface area (Å²) in [6.45, 7) is 1.83. The molecule has 1 aromatic carbocycles. The van der Waals surface area contributed by atoms with Crippen molar-refractivity contribution >= 4 is 49.2 Å². The summed E-state index contributed by atoms with van der Waals surface area (Å²) in [7, 11) is 0.611.